The topological polar surface area (TPSA) is 86.8 Å². The summed E-state index contributed by atoms with van der Waals surface area (Å²) in [5, 5.41) is 18.0. The van der Waals surface area contributed by atoms with Gasteiger partial charge in [0.05, 0.1) is 5.69 Å². The molecule has 1 saturated heterocycles. The molecule has 1 aromatic carbocycles. The Morgan fingerprint density at radius 3 is 2.42 bits per heavy atom. The summed E-state index contributed by atoms with van der Waals surface area (Å²) in [4.78, 5) is 14.6. The summed E-state index contributed by atoms with van der Waals surface area (Å²) in [5.74, 6) is 0.571. The average molecular weight is 348 g/mol. The number of H-pyrrole nitrogens is 1. The Labute approximate surface area is 151 Å². The lowest BCUT2D eigenvalue weighted by Gasteiger charge is -2.27. The first kappa shape index (κ1) is 16.3. The van der Waals surface area contributed by atoms with E-state index in [4.69, 9.17) is 0 Å². The third-order valence-electron chi connectivity index (χ3n) is 4.52. The molecular formula is C19H20N6O. The summed E-state index contributed by atoms with van der Waals surface area (Å²) < 4.78 is 0. The van der Waals surface area contributed by atoms with E-state index in [1.54, 1.807) is 12.3 Å². The van der Waals surface area contributed by atoms with Crippen LogP contribution in [0.4, 0.5) is 11.5 Å². The monoisotopic (exact) mass is 348 g/mol. The molecule has 1 amide bonds. The fraction of sp³-hybridized carbons (Fsp3) is 0.263. The van der Waals surface area contributed by atoms with Crippen LogP contribution in [-0.2, 0) is 0 Å². The van der Waals surface area contributed by atoms with Gasteiger partial charge < -0.3 is 10.2 Å². The molecule has 0 saturated carbocycles. The van der Waals surface area contributed by atoms with Crippen LogP contribution in [0.2, 0.25) is 0 Å². The second-order valence-electron chi connectivity index (χ2n) is 6.33. The Bertz CT molecular complexity index is 852. The molecule has 1 fully saturated rings. The van der Waals surface area contributed by atoms with Crippen molar-refractivity contribution in [1.29, 1.82) is 0 Å². The highest BCUT2D eigenvalue weighted by molar-refractivity contribution is 6.02. The van der Waals surface area contributed by atoms with Crippen LogP contribution in [0.25, 0.3) is 11.3 Å². The van der Waals surface area contributed by atoms with E-state index in [0.717, 1.165) is 30.2 Å². The van der Waals surface area contributed by atoms with Crippen molar-refractivity contribution < 1.29 is 4.79 Å². The smallest absolute Gasteiger partial charge is 0.276 e. The SMILES string of the molecule is O=C(Nc1ccc(-c2ccn[nH]2)cc1)c1ccc(N2CCCCC2)nn1. The predicted octanol–water partition coefficient (Wildman–Crippen LogP) is 3.11. The molecular weight excluding hydrogens is 328 g/mol. The Balaban J connectivity index is 1.41. The molecule has 3 aromatic rings. The number of carbonyl (C=O) groups excluding carboxylic acids is 1. The highest BCUT2D eigenvalue weighted by Crippen LogP contribution is 2.20. The molecule has 0 atom stereocenters. The van der Waals surface area contributed by atoms with Crippen LogP contribution in [0.5, 0.6) is 0 Å². The number of aromatic nitrogens is 4. The highest BCUT2D eigenvalue weighted by atomic mass is 16.1. The van der Waals surface area contributed by atoms with Gasteiger partial charge in [-0.2, -0.15) is 5.10 Å². The largest absolute Gasteiger partial charge is 0.355 e. The van der Waals surface area contributed by atoms with E-state index in [1.807, 2.05) is 36.4 Å². The molecule has 2 aromatic heterocycles. The van der Waals surface area contributed by atoms with Crippen molar-refractivity contribution >= 4 is 17.4 Å². The van der Waals surface area contributed by atoms with Crippen LogP contribution in [-0.4, -0.2) is 39.4 Å². The quantitative estimate of drug-likeness (QED) is 0.756. The van der Waals surface area contributed by atoms with Crippen LogP contribution in [0, 0.1) is 0 Å². The van der Waals surface area contributed by atoms with Gasteiger partial charge in [-0.1, -0.05) is 12.1 Å². The number of anilines is 2. The summed E-state index contributed by atoms with van der Waals surface area (Å²) >= 11 is 0. The first-order valence-corrected chi connectivity index (χ1v) is 8.79. The molecule has 1 aliphatic heterocycles. The zero-order valence-corrected chi connectivity index (χ0v) is 14.4. The summed E-state index contributed by atoms with van der Waals surface area (Å²) in [6, 6.07) is 13.0. The van der Waals surface area contributed by atoms with Crippen molar-refractivity contribution in [3.05, 3.63) is 54.4 Å². The summed E-state index contributed by atoms with van der Waals surface area (Å²) in [5.41, 5.74) is 2.96. The van der Waals surface area contributed by atoms with E-state index >= 15 is 0 Å². The molecule has 0 spiro atoms. The molecule has 26 heavy (non-hydrogen) atoms. The van der Waals surface area contributed by atoms with Gasteiger partial charge in [0.1, 0.15) is 0 Å². The van der Waals surface area contributed by atoms with E-state index in [9.17, 15) is 4.79 Å². The minimum Gasteiger partial charge on any atom is -0.355 e. The number of aromatic amines is 1. The summed E-state index contributed by atoms with van der Waals surface area (Å²) in [6.07, 6.45) is 5.33. The Kier molecular flexibility index (Phi) is 4.59. The third-order valence-corrected chi connectivity index (χ3v) is 4.52. The molecule has 0 unspecified atom stereocenters. The van der Waals surface area contributed by atoms with Gasteiger partial charge in [0.2, 0.25) is 0 Å². The molecule has 0 aliphatic carbocycles. The maximum absolute atomic E-state index is 12.4. The van der Waals surface area contributed by atoms with E-state index < -0.39 is 0 Å². The number of piperidine rings is 1. The van der Waals surface area contributed by atoms with Gasteiger partial charge in [-0.15, -0.1) is 10.2 Å². The van der Waals surface area contributed by atoms with Crippen molar-refractivity contribution in [2.24, 2.45) is 0 Å². The summed E-state index contributed by atoms with van der Waals surface area (Å²) in [7, 11) is 0. The van der Waals surface area contributed by atoms with Crippen molar-refractivity contribution in [2.45, 2.75) is 19.3 Å². The van der Waals surface area contributed by atoms with Crippen LogP contribution in [0.1, 0.15) is 29.8 Å². The lowest BCUT2D eigenvalue weighted by Crippen LogP contribution is -2.30. The number of rotatable bonds is 4. The van der Waals surface area contributed by atoms with Gasteiger partial charge in [-0.05, 0) is 55.2 Å². The molecule has 7 nitrogen and oxygen atoms in total. The molecule has 0 radical (unpaired) electrons. The fourth-order valence-corrected chi connectivity index (χ4v) is 3.08. The van der Waals surface area contributed by atoms with Crippen molar-refractivity contribution in [3.8, 4) is 11.3 Å². The molecule has 132 valence electrons. The van der Waals surface area contributed by atoms with Crippen LogP contribution in [0.15, 0.2) is 48.7 Å². The Hall–Kier alpha value is -3.22. The number of carbonyl (C=O) groups is 1. The van der Waals surface area contributed by atoms with Crippen molar-refractivity contribution in [1.82, 2.24) is 20.4 Å². The van der Waals surface area contributed by atoms with Gasteiger partial charge in [0, 0.05) is 25.0 Å². The van der Waals surface area contributed by atoms with Gasteiger partial charge in [0.25, 0.3) is 5.91 Å². The minimum atomic E-state index is -0.267. The third kappa shape index (κ3) is 3.56. The number of hydrogen-bond acceptors (Lipinski definition) is 5. The zero-order valence-electron chi connectivity index (χ0n) is 14.4. The fourth-order valence-electron chi connectivity index (χ4n) is 3.08. The van der Waals surface area contributed by atoms with Crippen molar-refractivity contribution in [2.75, 3.05) is 23.3 Å². The minimum absolute atomic E-state index is 0.267. The van der Waals surface area contributed by atoms with Gasteiger partial charge >= 0.3 is 0 Å². The van der Waals surface area contributed by atoms with E-state index in [2.05, 4.69) is 30.6 Å². The number of nitrogens with zero attached hydrogens (tertiary/aromatic N) is 4. The van der Waals surface area contributed by atoms with Gasteiger partial charge in [0.15, 0.2) is 11.5 Å². The Morgan fingerprint density at radius 2 is 1.77 bits per heavy atom. The van der Waals surface area contributed by atoms with Gasteiger partial charge in [-0.25, -0.2) is 0 Å². The van der Waals surface area contributed by atoms with Gasteiger partial charge in [-0.3, -0.25) is 9.89 Å². The maximum Gasteiger partial charge on any atom is 0.276 e. The molecule has 0 bridgehead atoms. The van der Waals surface area contributed by atoms with E-state index in [-0.39, 0.29) is 5.91 Å². The lowest BCUT2D eigenvalue weighted by molar-refractivity contribution is 0.102. The lowest BCUT2D eigenvalue weighted by atomic mass is 10.1. The van der Waals surface area contributed by atoms with E-state index in [1.165, 1.54) is 19.3 Å². The van der Waals surface area contributed by atoms with Crippen molar-refractivity contribution in [3.63, 3.8) is 0 Å². The first-order chi connectivity index (χ1) is 12.8. The predicted molar refractivity (Wildman–Crippen MR) is 100 cm³/mol. The van der Waals surface area contributed by atoms with Crippen LogP contribution >= 0.6 is 0 Å². The molecule has 4 rings (SSSR count). The second-order valence-corrected chi connectivity index (χ2v) is 6.33. The first-order valence-electron chi connectivity index (χ1n) is 8.79. The number of benzene rings is 1. The number of nitrogens with one attached hydrogen (secondary N) is 2. The normalized spacial score (nSPS) is 14.2. The average Bonchev–Trinajstić information content (AvgIpc) is 3.24. The number of hydrogen-bond donors (Lipinski definition) is 2. The highest BCUT2D eigenvalue weighted by Gasteiger charge is 2.14. The number of amides is 1. The Morgan fingerprint density at radius 1 is 0.962 bits per heavy atom. The second kappa shape index (κ2) is 7.35. The standard InChI is InChI=1S/C19H20N6O/c26-19(17-8-9-18(24-23-17)25-12-2-1-3-13-25)21-15-6-4-14(5-7-15)16-10-11-20-22-16/h4-11H,1-3,12-13H2,(H,20,22)(H,21,26). The molecule has 2 N–H and O–H groups in total. The van der Waals surface area contributed by atoms with Crippen LogP contribution < -0.4 is 10.2 Å². The van der Waals surface area contributed by atoms with E-state index in [0.29, 0.717) is 11.4 Å². The zero-order chi connectivity index (χ0) is 17.8. The molecule has 3 heterocycles. The molecule has 7 heteroatoms. The van der Waals surface area contributed by atoms with Crippen LogP contribution in [0.3, 0.4) is 0 Å². The summed E-state index contributed by atoms with van der Waals surface area (Å²) in [6.45, 7) is 2.01. The molecule has 1 aliphatic rings. The maximum atomic E-state index is 12.4.